The molecule has 0 unspecified atom stereocenters. The Morgan fingerprint density at radius 2 is 1.63 bits per heavy atom. The van der Waals surface area contributed by atoms with Crippen molar-refractivity contribution in [1.29, 1.82) is 0 Å². The number of benzene rings is 2. The fourth-order valence-corrected chi connectivity index (χ4v) is 3.18. The molecule has 2 aromatic rings. The summed E-state index contributed by atoms with van der Waals surface area (Å²) in [4.78, 5) is 13.8. The molecule has 0 fully saturated rings. The fraction of sp³-hybridized carbons (Fsp3) is 0.211. The zero-order chi connectivity index (χ0) is 20.0. The number of ether oxygens (including phenoxy) is 2. The van der Waals surface area contributed by atoms with Gasteiger partial charge in [0.05, 0.1) is 30.9 Å². The summed E-state index contributed by atoms with van der Waals surface area (Å²) < 4.78 is 37.8. The highest BCUT2D eigenvalue weighted by Gasteiger charge is 2.21. The molecule has 0 bridgehead atoms. The van der Waals surface area contributed by atoms with Crippen molar-refractivity contribution in [3.05, 3.63) is 59.0 Å². The van der Waals surface area contributed by atoms with Gasteiger partial charge in [0.2, 0.25) is 0 Å². The van der Waals surface area contributed by atoms with E-state index in [1.807, 2.05) is 18.2 Å². The second kappa shape index (κ2) is 8.59. The summed E-state index contributed by atoms with van der Waals surface area (Å²) in [6.07, 6.45) is 1.47. The predicted octanol–water partition coefficient (Wildman–Crippen LogP) is 2.82. The number of nitrogens with one attached hydrogen (secondary N) is 1. The minimum absolute atomic E-state index is 0.101. The summed E-state index contributed by atoms with van der Waals surface area (Å²) in [7, 11) is 2.16. The van der Waals surface area contributed by atoms with Crippen molar-refractivity contribution in [1.82, 2.24) is 4.90 Å². The Morgan fingerprint density at radius 3 is 2.19 bits per heavy atom. The monoisotopic (exact) mass is 390 g/mol. The zero-order valence-electron chi connectivity index (χ0n) is 15.6. The van der Waals surface area contributed by atoms with Crippen LogP contribution in [0.3, 0.4) is 0 Å². The van der Waals surface area contributed by atoms with E-state index in [0.717, 1.165) is 11.0 Å². The summed E-state index contributed by atoms with van der Waals surface area (Å²) in [5, 5.41) is 1.04. The molecule has 0 radical (unpaired) electrons. The summed E-state index contributed by atoms with van der Waals surface area (Å²) in [6.45, 7) is 0. The van der Waals surface area contributed by atoms with Crippen LogP contribution in [0, 0.1) is 0 Å². The standard InChI is InChI=1S/C19H22N2O5S/c1-21(2)19(22)15-12-17(25-3)18(26-4)13-16(15)20-27(23,24)11-10-14-8-6-5-7-9-14/h5-13,20H,1-4H3. The number of carbonyl (C=O) groups excluding carboxylic acids is 1. The maximum atomic E-state index is 12.5. The van der Waals surface area contributed by atoms with Gasteiger partial charge in [0, 0.05) is 20.2 Å². The Bertz CT molecular complexity index is 938. The lowest BCUT2D eigenvalue weighted by molar-refractivity contribution is 0.0828. The molecule has 1 amide bonds. The molecule has 0 saturated heterocycles. The van der Waals surface area contributed by atoms with Crippen LogP contribution in [-0.4, -0.2) is 47.5 Å². The molecular formula is C19H22N2O5S. The second-order valence-electron chi connectivity index (χ2n) is 5.81. The molecule has 0 atom stereocenters. The van der Waals surface area contributed by atoms with E-state index in [9.17, 15) is 13.2 Å². The molecule has 27 heavy (non-hydrogen) atoms. The molecule has 0 heterocycles. The molecule has 0 aromatic heterocycles. The molecule has 1 N–H and O–H groups in total. The van der Waals surface area contributed by atoms with Crippen LogP contribution in [0.15, 0.2) is 47.9 Å². The van der Waals surface area contributed by atoms with Crippen molar-refractivity contribution in [3.63, 3.8) is 0 Å². The van der Waals surface area contributed by atoms with Crippen molar-refractivity contribution in [2.75, 3.05) is 33.0 Å². The van der Waals surface area contributed by atoms with Crippen LogP contribution >= 0.6 is 0 Å². The number of hydrogen-bond donors (Lipinski definition) is 1. The van der Waals surface area contributed by atoms with Crippen molar-refractivity contribution in [2.45, 2.75) is 0 Å². The predicted molar refractivity (Wildman–Crippen MR) is 106 cm³/mol. The normalized spacial score (nSPS) is 11.3. The van der Waals surface area contributed by atoms with Crippen LogP contribution in [0.2, 0.25) is 0 Å². The zero-order valence-corrected chi connectivity index (χ0v) is 16.4. The highest BCUT2D eigenvalue weighted by atomic mass is 32.2. The van der Waals surface area contributed by atoms with Gasteiger partial charge < -0.3 is 14.4 Å². The number of anilines is 1. The highest BCUT2D eigenvalue weighted by molar-refractivity contribution is 7.95. The van der Waals surface area contributed by atoms with Gasteiger partial charge >= 0.3 is 0 Å². The summed E-state index contributed by atoms with van der Waals surface area (Å²) in [5.41, 5.74) is 0.984. The quantitative estimate of drug-likeness (QED) is 0.786. The first kappa shape index (κ1) is 20.3. The van der Waals surface area contributed by atoms with E-state index in [1.165, 1.54) is 37.3 Å². The third kappa shape index (κ3) is 5.24. The first-order valence-corrected chi connectivity index (χ1v) is 9.55. The SMILES string of the molecule is COc1cc(NS(=O)(=O)C=Cc2ccccc2)c(C(=O)N(C)C)cc1OC. The maximum absolute atomic E-state index is 12.5. The molecule has 7 nitrogen and oxygen atoms in total. The van der Waals surface area contributed by atoms with Crippen LogP contribution in [0.1, 0.15) is 15.9 Å². The minimum atomic E-state index is -3.86. The number of amides is 1. The van der Waals surface area contributed by atoms with Gasteiger partial charge in [0.15, 0.2) is 11.5 Å². The van der Waals surface area contributed by atoms with E-state index in [4.69, 9.17) is 9.47 Å². The lowest BCUT2D eigenvalue weighted by Gasteiger charge is -2.17. The van der Waals surface area contributed by atoms with Gasteiger partial charge in [-0.3, -0.25) is 9.52 Å². The van der Waals surface area contributed by atoms with Gasteiger partial charge in [-0.25, -0.2) is 8.42 Å². The van der Waals surface area contributed by atoms with Crippen molar-refractivity contribution in [2.24, 2.45) is 0 Å². The summed E-state index contributed by atoms with van der Waals surface area (Å²) >= 11 is 0. The van der Waals surface area contributed by atoms with Crippen LogP contribution < -0.4 is 14.2 Å². The smallest absolute Gasteiger partial charge is 0.255 e. The van der Waals surface area contributed by atoms with Crippen LogP contribution in [0.5, 0.6) is 11.5 Å². The lowest BCUT2D eigenvalue weighted by Crippen LogP contribution is -2.24. The van der Waals surface area contributed by atoms with Gasteiger partial charge in [-0.05, 0) is 17.7 Å². The fourth-order valence-electron chi connectivity index (χ4n) is 2.30. The molecule has 2 aromatic carbocycles. The average molecular weight is 390 g/mol. The Hall–Kier alpha value is -3.00. The Labute approximate surface area is 159 Å². The molecule has 2 rings (SSSR count). The van der Waals surface area contributed by atoms with E-state index >= 15 is 0 Å². The van der Waals surface area contributed by atoms with Gasteiger partial charge in [0.25, 0.3) is 15.9 Å². The van der Waals surface area contributed by atoms with Crippen molar-refractivity contribution < 1.29 is 22.7 Å². The summed E-state index contributed by atoms with van der Waals surface area (Å²) in [6, 6.07) is 11.9. The molecule has 0 spiro atoms. The van der Waals surface area contributed by atoms with Gasteiger partial charge in [0.1, 0.15) is 0 Å². The molecule has 8 heteroatoms. The van der Waals surface area contributed by atoms with E-state index in [-0.39, 0.29) is 17.2 Å². The van der Waals surface area contributed by atoms with Crippen LogP contribution in [-0.2, 0) is 10.0 Å². The molecule has 0 aliphatic rings. The molecule has 0 saturated carbocycles. The van der Waals surface area contributed by atoms with E-state index in [1.54, 1.807) is 26.2 Å². The molecule has 0 aliphatic heterocycles. The maximum Gasteiger partial charge on any atom is 0.255 e. The first-order chi connectivity index (χ1) is 12.8. The van der Waals surface area contributed by atoms with Gasteiger partial charge in [-0.15, -0.1) is 0 Å². The molecule has 0 aliphatic carbocycles. The Kier molecular flexibility index (Phi) is 6.46. The van der Waals surface area contributed by atoms with Gasteiger partial charge in [-0.1, -0.05) is 30.3 Å². The second-order valence-corrected chi connectivity index (χ2v) is 7.38. The largest absolute Gasteiger partial charge is 0.493 e. The molecule has 144 valence electrons. The number of nitrogens with zero attached hydrogens (tertiary/aromatic N) is 1. The van der Waals surface area contributed by atoms with E-state index in [2.05, 4.69) is 4.72 Å². The van der Waals surface area contributed by atoms with Crippen molar-refractivity contribution in [3.8, 4) is 11.5 Å². The Balaban J connectivity index is 2.43. The average Bonchev–Trinajstić information content (AvgIpc) is 2.66. The summed E-state index contributed by atoms with van der Waals surface area (Å²) in [5.74, 6) is 0.253. The van der Waals surface area contributed by atoms with E-state index < -0.39 is 10.0 Å². The minimum Gasteiger partial charge on any atom is -0.493 e. The number of rotatable bonds is 7. The first-order valence-electron chi connectivity index (χ1n) is 8.01. The topological polar surface area (TPSA) is 84.9 Å². The van der Waals surface area contributed by atoms with Crippen LogP contribution in [0.4, 0.5) is 5.69 Å². The van der Waals surface area contributed by atoms with Crippen molar-refractivity contribution >= 4 is 27.7 Å². The third-order valence-corrected chi connectivity index (χ3v) is 4.65. The van der Waals surface area contributed by atoms with Gasteiger partial charge in [-0.2, -0.15) is 0 Å². The highest BCUT2D eigenvalue weighted by Crippen LogP contribution is 2.34. The van der Waals surface area contributed by atoms with Crippen LogP contribution in [0.25, 0.3) is 6.08 Å². The number of hydrogen-bond acceptors (Lipinski definition) is 5. The number of methoxy groups -OCH3 is 2. The lowest BCUT2D eigenvalue weighted by atomic mass is 10.1. The molecular weight excluding hydrogens is 368 g/mol. The number of sulfonamides is 1. The number of carbonyl (C=O) groups is 1. The van der Waals surface area contributed by atoms with E-state index in [0.29, 0.717) is 11.5 Å². The third-order valence-electron chi connectivity index (χ3n) is 3.65. The Morgan fingerprint density at radius 1 is 1.04 bits per heavy atom.